The van der Waals surface area contributed by atoms with Crippen LogP contribution in [0.15, 0.2) is 17.8 Å². The van der Waals surface area contributed by atoms with Crippen LogP contribution >= 0.6 is 11.3 Å². The molecule has 1 amide bonds. The van der Waals surface area contributed by atoms with E-state index in [0.29, 0.717) is 30.3 Å². The fourth-order valence-corrected chi connectivity index (χ4v) is 2.36. The molecule has 0 aliphatic carbocycles. The molecule has 0 unspecified atom stereocenters. The van der Waals surface area contributed by atoms with E-state index in [4.69, 9.17) is 4.74 Å². The summed E-state index contributed by atoms with van der Waals surface area (Å²) in [6.07, 6.45) is 1.46. The summed E-state index contributed by atoms with van der Waals surface area (Å²) >= 11 is 1.36. The van der Waals surface area contributed by atoms with Crippen LogP contribution in [0.25, 0.3) is 5.69 Å². The fourth-order valence-electron chi connectivity index (χ4n) is 1.57. The van der Waals surface area contributed by atoms with E-state index in [2.05, 4.69) is 26.2 Å². The Bertz CT molecular complexity index is 527. The zero-order valence-corrected chi connectivity index (χ0v) is 11.9. The molecule has 0 aromatic carbocycles. The number of thiophene rings is 1. The van der Waals surface area contributed by atoms with Crippen LogP contribution in [0.3, 0.4) is 0 Å². The standard InChI is InChI=1S/C11H16N6O2S/c1-19-6-5-12-3-4-13-11(18)10-9(2-7-20-10)17-8-14-15-16-17/h2,7-8,12H,3-6H2,1H3,(H,13,18). The molecular weight excluding hydrogens is 280 g/mol. The smallest absolute Gasteiger partial charge is 0.263 e. The van der Waals surface area contributed by atoms with Crippen molar-refractivity contribution in [2.75, 3.05) is 33.4 Å². The van der Waals surface area contributed by atoms with E-state index in [1.54, 1.807) is 7.11 Å². The van der Waals surface area contributed by atoms with Crippen LogP contribution in [-0.4, -0.2) is 59.5 Å². The Morgan fingerprint density at radius 1 is 1.45 bits per heavy atom. The largest absolute Gasteiger partial charge is 0.383 e. The predicted octanol–water partition coefficient (Wildman–Crippen LogP) is -0.310. The second kappa shape index (κ2) is 7.68. The minimum absolute atomic E-state index is 0.126. The van der Waals surface area contributed by atoms with E-state index in [1.807, 2.05) is 11.4 Å². The van der Waals surface area contributed by atoms with Crippen LogP contribution in [-0.2, 0) is 4.74 Å². The number of nitrogens with zero attached hydrogens (tertiary/aromatic N) is 4. The second-order valence-corrected chi connectivity index (χ2v) is 4.80. The van der Waals surface area contributed by atoms with Crippen molar-refractivity contribution in [3.8, 4) is 5.69 Å². The first kappa shape index (κ1) is 14.6. The van der Waals surface area contributed by atoms with Gasteiger partial charge in [0.15, 0.2) is 0 Å². The third-order valence-corrected chi connectivity index (χ3v) is 3.42. The van der Waals surface area contributed by atoms with Crippen molar-refractivity contribution in [1.29, 1.82) is 0 Å². The Balaban J connectivity index is 1.83. The van der Waals surface area contributed by atoms with Crippen LogP contribution in [0.1, 0.15) is 9.67 Å². The molecule has 0 saturated heterocycles. The lowest BCUT2D eigenvalue weighted by Gasteiger charge is -2.06. The number of hydrogen-bond donors (Lipinski definition) is 2. The van der Waals surface area contributed by atoms with Gasteiger partial charge in [-0.15, -0.1) is 16.4 Å². The number of nitrogens with one attached hydrogen (secondary N) is 2. The van der Waals surface area contributed by atoms with E-state index in [1.165, 1.54) is 22.3 Å². The van der Waals surface area contributed by atoms with Gasteiger partial charge in [-0.3, -0.25) is 4.79 Å². The van der Waals surface area contributed by atoms with E-state index in [0.717, 1.165) is 6.54 Å². The van der Waals surface area contributed by atoms with Gasteiger partial charge in [0, 0.05) is 26.7 Å². The Morgan fingerprint density at radius 3 is 3.10 bits per heavy atom. The molecule has 2 heterocycles. The molecule has 0 bridgehead atoms. The lowest BCUT2D eigenvalue weighted by Crippen LogP contribution is -2.33. The van der Waals surface area contributed by atoms with Gasteiger partial charge >= 0.3 is 0 Å². The highest BCUT2D eigenvalue weighted by molar-refractivity contribution is 7.12. The number of aromatic nitrogens is 4. The average molecular weight is 296 g/mol. The van der Waals surface area contributed by atoms with Crippen LogP contribution in [0.4, 0.5) is 0 Å². The van der Waals surface area contributed by atoms with Crippen molar-refractivity contribution in [1.82, 2.24) is 30.8 Å². The van der Waals surface area contributed by atoms with Crippen molar-refractivity contribution in [2.24, 2.45) is 0 Å². The fraction of sp³-hybridized carbons (Fsp3) is 0.455. The van der Waals surface area contributed by atoms with Gasteiger partial charge in [0.05, 0.1) is 12.3 Å². The number of ether oxygens (including phenoxy) is 1. The highest BCUT2D eigenvalue weighted by atomic mass is 32.1. The van der Waals surface area contributed by atoms with Crippen LogP contribution in [0, 0.1) is 0 Å². The van der Waals surface area contributed by atoms with Gasteiger partial charge in [0.1, 0.15) is 11.2 Å². The van der Waals surface area contributed by atoms with E-state index in [9.17, 15) is 4.79 Å². The van der Waals surface area contributed by atoms with Crippen molar-refractivity contribution >= 4 is 17.2 Å². The lowest BCUT2D eigenvalue weighted by atomic mass is 10.3. The Morgan fingerprint density at radius 2 is 2.35 bits per heavy atom. The first-order valence-corrected chi connectivity index (χ1v) is 6.99. The summed E-state index contributed by atoms with van der Waals surface area (Å²) in [5, 5.41) is 18.8. The first-order chi connectivity index (χ1) is 9.83. The van der Waals surface area contributed by atoms with Crippen molar-refractivity contribution in [2.45, 2.75) is 0 Å². The maximum atomic E-state index is 12.1. The molecule has 0 spiro atoms. The molecule has 9 heteroatoms. The van der Waals surface area contributed by atoms with Crippen molar-refractivity contribution in [3.63, 3.8) is 0 Å². The minimum atomic E-state index is -0.126. The van der Waals surface area contributed by atoms with E-state index < -0.39 is 0 Å². The highest BCUT2D eigenvalue weighted by Crippen LogP contribution is 2.19. The molecule has 2 N–H and O–H groups in total. The number of carbonyl (C=O) groups excluding carboxylic acids is 1. The van der Waals surface area contributed by atoms with Gasteiger partial charge in [0.25, 0.3) is 5.91 Å². The first-order valence-electron chi connectivity index (χ1n) is 6.11. The third kappa shape index (κ3) is 3.83. The number of tetrazole rings is 1. The summed E-state index contributed by atoms with van der Waals surface area (Å²) < 4.78 is 6.39. The zero-order chi connectivity index (χ0) is 14.2. The highest BCUT2D eigenvalue weighted by Gasteiger charge is 2.14. The van der Waals surface area contributed by atoms with Gasteiger partial charge in [-0.25, -0.2) is 0 Å². The zero-order valence-electron chi connectivity index (χ0n) is 11.1. The number of hydrogen-bond acceptors (Lipinski definition) is 7. The van der Waals surface area contributed by atoms with Crippen molar-refractivity contribution in [3.05, 3.63) is 22.7 Å². The van der Waals surface area contributed by atoms with Crippen LogP contribution in [0.5, 0.6) is 0 Å². The van der Waals surface area contributed by atoms with Crippen molar-refractivity contribution < 1.29 is 9.53 Å². The van der Waals surface area contributed by atoms with Gasteiger partial charge in [-0.1, -0.05) is 0 Å². The Kier molecular flexibility index (Phi) is 5.59. The summed E-state index contributed by atoms with van der Waals surface area (Å²) in [6.45, 7) is 2.67. The number of amides is 1. The SMILES string of the molecule is COCCNCCNC(=O)c1sccc1-n1cnnn1. The van der Waals surface area contributed by atoms with E-state index in [-0.39, 0.29) is 5.91 Å². The topological polar surface area (TPSA) is 94.0 Å². The van der Waals surface area contributed by atoms with E-state index >= 15 is 0 Å². The van der Waals surface area contributed by atoms with Crippen LogP contribution < -0.4 is 10.6 Å². The molecule has 108 valence electrons. The molecular formula is C11H16N6O2S. The number of methoxy groups -OCH3 is 1. The molecule has 20 heavy (non-hydrogen) atoms. The van der Waals surface area contributed by atoms with Crippen LogP contribution in [0.2, 0.25) is 0 Å². The minimum Gasteiger partial charge on any atom is -0.383 e. The number of rotatable bonds is 8. The normalized spacial score (nSPS) is 10.7. The Hall–Kier alpha value is -1.84. The van der Waals surface area contributed by atoms with Gasteiger partial charge in [-0.2, -0.15) is 4.68 Å². The molecule has 0 atom stereocenters. The molecule has 0 fully saturated rings. The van der Waals surface area contributed by atoms with Gasteiger partial charge < -0.3 is 15.4 Å². The lowest BCUT2D eigenvalue weighted by molar-refractivity contribution is 0.0957. The Labute approximate surface area is 120 Å². The quantitative estimate of drug-likeness (QED) is 0.649. The molecule has 0 aliphatic rings. The van der Waals surface area contributed by atoms with Gasteiger partial charge in [-0.05, 0) is 21.9 Å². The molecule has 0 saturated carbocycles. The predicted molar refractivity (Wildman–Crippen MR) is 74.1 cm³/mol. The molecule has 0 aliphatic heterocycles. The summed E-state index contributed by atoms with van der Waals surface area (Å²) in [7, 11) is 1.65. The summed E-state index contributed by atoms with van der Waals surface area (Å²) in [6, 6.07) is 1.81. The summed E-state index contributed by atoms with van der Waals surface area (Å²) in [5.41, 5.74) is 0.685. The summed E-state index contributed by atoms with van der Waals surface area (Å²) in [4.78, 5) is 12.7. The average Bonchev–Trinajstić information content (AvgIpc) is 3.11. The number of carbonyl (C=O) groups is 1. The summed E-state index contributed by atoms with van der Waals surface area (Å²) in [5.74, 6) is -0.126. The second-order valence-electron chi connectivity index (χ2n) is 3.89. The molecule has 2 aromatic rings. The maximum Gasteiger partial charge on any atom is 0.263 e. The van der Waals surface area contributed by atoms with Gasteiger partial charge in [0.2, 0.25) is 0 Å². The molecule has 8 nitrogen and oxygen atoms in total. The molecule has 0 radical (unpaired) electrons. The molecule has 2 aromatic heterocycles. The monoisotopic (exact) mass is 296 g/mol. The molecule has 2 rings (SSSR count). The maximum absolute atomic E-state index is 12.1. The third-order valence-electron chi connectivity index (χ3n) is 2.52.